The first-order valence-electron chi connectivity index (χ1n) is 6.65. The van der Waals surface area contributed by atoms with Gasteiger partial charge >= 0.3 is 5.97 Å². The van der Waals surface area contributed by atoms with Gasteiger partial charge in [-0.2, -0.15) is 0 Å². The molecule has 1 aliphatic rings. The molecule has 0 amide bonds. The standard InChI is InChI=1S/C15H20O4/c1-3-15(18,14(16)17)13-6-4-5-10-9-11(19-2)7-8-12(10)13/h7-9,13,18H,3-6H2,1-2H3,(H,16,17). The Kier molecular flexibility index (Phi) is 3.80. The number of methoxy groups -OCH3 is 1. The number of carboxylic acid groups (broad SMARTS) is 1. The van der Waals surface area contributed by atoms with Gasteiger partial charge in [0.05, 0.1) is 7.11 Å². The van der Waals surface area contributed by atoms with Crippen LogP contribution in [0.2, 0.25) is 0 Å². The van der Waals surface area contributed by atoms with E-state index in [1.165, 1.54) is 0 Å². The number of ether oxygens (including phenoxy) is 1. The number of hydrogen-bond acceptors (Lipinski definition) is 3. The molecule has 0 fully saturated rings. The fourth-order valence-electron chi connectivity index (χ4n) is 2.96. The number of aryl methyl sites for hydroxylation is 1. The molecule has 0 bridgehead atoms. The van der Waals surface area contributed by atoms with E-state index in [1.54, 1.807) is 14.0 Å². The molecule has 0 saturated carbocycles. The van der Waals surface area contributed by atoms with Crippen molar-refractivity contribution in [1.82, 2.24) is 0 Å². The van der Waals surface area contributed by atoms with Crippen LogP contribution < -0.4 is 4.74 Å². The molecule has 104 valence electrons. The lowest BCUT2D eigenvalue weighted by atomic mass is 9.72. The van der Waals surface area contributed by atoms with Crippen LogP contribution in [0.1, 0.15) is 43.2 Å². The number of carboxylic acids is 1. The second kappa shape index (κ2) is 5.21. The van der Waals surface area contributed by atoms with Crippen molar-refractivity contribution in [2.45, 2.75) is 44.1 Å². The number of carbonyl (C=O) groups is 1. The van der Waals surface area contributed by atoms with Crippen molar-refractivity contribution in [3.8, 4) is 5.75 Å². The molecule has 0 saturated heterocycles. The molecular formula is C15H20O4. The average Bonchev–Trinajstić information content (AvgIpc) is 2.44. The van der Waals surface area contributed by atoms with Crippen molar-refractivity contribution in [2.75, 3.05) is 7.11 Å². The minimum atomic E-state index is -1.68. The molecular weight excluding hydrogens is 244 g/mol. The van der Waals surface area contributed by atoms with Gasteiger partial charge in [-0.25, -0.2) is 4.79 Å². The molecule has 1 aliphatic carbocycles. The van der Waals surface area contributed by atoms with E-state index in [9.17, 15) is 15.0 Å². The molecule has 0 spiro atoms. The molecule has 19 heavy (non-hydrogen) atoms. The molecule has 0 aliphatic heterocycles. The summed E-state index contributed by atoms with van der Waals surface area (Å²) in [4.78, 5) is 11.4. The number of fused-ring (bicyclic) bond motifs is 1. The lowest BCUT2D eigenvalue weighted by Crippen LogP contribution is -2.45. The molecule has 4 heteroatoms. The molecule has 2 unspecified atom stereocenters. The summed E-state index contributed by atoms with van der Waals surface area (Å²) in [6, 6.07) is 5.66. The highest BCUT2D eigenvalue weighted by Crippen LogP contribution is 2.41. The topological polar surface area (TPSA) is 66.8 Å². The van der Waals surface area contributed by atoms with Gasteiger partial charge in [0.1, 0.15) is 5.75 Å². The number of benzene rings is 1. The smallest absolute Gasteiger partial charge is 0.336 e. The predicted molar refractivity (Wildman–Crippen MR) is 71.5 cm³/mol. The largest absolute Gasteiger partial charge is 0.497 e. The zero-order chi connectivity index (χ0) is 14.0. The van der Waals surface area contributed by atoms with Gasteiger partial charge in [0.2, 0.25) is 0 Å². The van der Waals surface area contributed by atoms with Crippen LogP contribution in [0.3, 0.4) is 0 Å². The first-order chi connectivity index (χ1) is 9.02. The summed E-state index contributed by atoms with van der Waals surface area (Å²) in [6.07, 6.45) is 2.71. The van der Waals surface area contributed by atoms with Gasteiger partial charge in [0.15, 0.2) is 5.60 Å². The zero-order valence-corrected chi connectivity index (χ0v) is 11.3. The Bertz CT molecular complexity index is 483. The highest BCUT2D eigenvalue weighted by atomic mass is 16.5. The van der Waals surface area contributed by atoms with Crippen LogP contribution in [0.4, 0.5) is 0 Å². The van der Waals surface area contributed by atoms with E-state index in [1.807, 2.05) is 18.2 Å². The van der Waals surface area contributed by atoms with Gasteiger partial charge in [-0.1, -0.05) is 13.0 Å². The highest BCUT2D eigenvalue weighted by Gasteiger charge is 2.44. The molecule has 1 aromatic rings. The van der Waals surface area contributed by atoms with Gasteiger partial charge in [0, 0.05) is 5.92 Å². The average molecular weight is 264 g/mol. The Balaban J connectivity index is 2.45. The summed E-state index contributed by atoms with van der Waals surface area (Å²) in [5.41, 5.74) is 0.353. The molecule has 0 heterocycles. The van der Waals surface area contributed by atoms with E-state index in [2.05, 4.69) is 0 Å². The van der Waals surface area contributed by atoms with Crippen molar-refractivity contribution >= 4 is 5.97 Å². The monoisotopic (exact) mass is 264 g/mol. The van der Waals surface area contributed by atoms with Crippen LogP contribution in [0.15, 0.2) is 18.2 Å². The molecule has 2 atom stereocenters. The Morgan fingerprint density at radius 1 is 1.53 bits per heavy atom. The van der Waals surface area contributed by atoms with Gasteiger partial charge in [-0.3, -0.25) is 0 Å². The van der Waals surface area contributed by atoms with Gasteiger partial charge in [-0.15, -0.1) is 0 Å². The molecule has 1 aromatic carbocycles. The van der Waals surface area contributed by atoms with E-state index in [0.29, 0.717) is 6.42 Å². The third-order valence-corrected chi connectivity index (χ3v) is 4.15. The third kappa shape index (κ3) is 2.32. The Morgan fingerprint density at radius 3 is 2.84 bits per heavy atom. The van der Waals surface area contributed by atoms with E-state index in [0.717, 1.165) is 29.7 Å². The van der Waals surface area contributed by atoms with Crippen LogP contribution in [-0.2, 0) is 11.2 Å². The summed E-state index contributed by atoms with van der Waals surface area (Å²) in [5.74, 6) is -0.705. The number of hydrogen-bond donors (Lipinski definition) is 2. The first kappa shape index (κ1) is 13.9. The van der Waals surface area contributed by atoms with Gasteiger partial charge in [-0.05, 0) is 48.9 Å². The maximum absolute atomic E-state index is 11.4. The summed E-state index contributed by atoms with van der Waals surface area (Å²) >= 11 is 0. The second-order valence-corrected chi connectivity index (χ2v) is 5.09. The fraction of sp³-hybridized carbons (Fsp3) is 0.533. The third-order valence-electron chi connectivity index (χ3n) is 4.15. The van der Waals surface area contributed by atoms with Crippen molar-refractivity contribution < 1.29 is 19.7 Å². The number of rotatable bonds is 4. The molecule has 0 aromatic heterocycles. The number of aliphatic carboxylic acids is 1. The molecule has 2 N–H and O–H groups in total. The quantitative estimate of drug-likeness (QED) is 0.876. The van der Waals surface area contributed by atoms with Crippen LogP contribution in [0.25, 0.3) is 0 Å². The molecule has 0 radical (unpaired) electrons. The predicted octanol–water partition coefficient (Wildman–Crippen LogP) is 2.34. The van der Waals surface area contributed by atoms with Crippen LogP contribution in [-0.4, -0.2) is 28.9 Å². The highest BCUT2D eigenvalue weighted by molar-refractivity contribution is 5.79. The van der Waals surface area contributed by atoms with E-state index >= 15 is 0 Å². The summed E-state index contributed by atoms with van der Waals surface area (Å²) in [7, 11) is 1.61. The molecule has 4 nitrogen and oxygen atoms in total. The van der Waals surface area contributed by atoms with E-state index < -0.39 is 11.6 Å². The van der Waals surface area contributed by atoms with Crippen LogP contribution >= 0.6 is 0 Å². The maximum Gasteiger partial charge on any atom is 0.336 e. The molecule has 2 rings (SSSR count). The number of aliphatic hydroxyl groups is 1. The van der Waals surface area contributed by atoms with Crippen molar-refractivity contribution in [1.29, 1.82) is 0 Å². The van der Waals surface area contributed by atoms with Crippen molar-refractivity contribution in [3.63, 3.8) is 0 Å². The van der Waals surface area contributed by atoms with Crippen molar-refractivity contribution in [2.24, 2.45) is 0 Å². The van der Waals surface area contributed by atoms with Crippen LogP contribution in [0, 0.1) is 0 Å². The summed E-state index contributed by atoms with van der Waals surface area (Å²) in [6.45, 7) is 1.71. The summed E-state index contributed by atoms with van der Waals surface area (Å²) in [5, 5.41) is 19.8. The maximum atomic E-state index is 11.4. The van der Waals surface area contributed by atoms with Crippen molar-refractivity contribution in [3.05, 3.63) is 29.3 Å². The second-order valence-electron chi connectivity index (χ2n) is 5.09. The first-order valence-corrected chi connectivity index (χ1v) is 6.65. The van der Waals surface area contributed by atoms with Gasteiger partial charge in [0.25, 0.3) is 0 Å². The minimum absolute atomic E-state index is 0.207. The van der Waals surface area contributed by atoms with Crippen LogP contribution in [0.5, 0.6) is 5.75 Å². The Hall–Kier alpha value is -1.55. The van der Waals surface area contributed by atoms with E-state index in [4.69, 9.17) is 4.74 Å². The Labute approximate surface area is 113 Å². The lowest BCUT2D eigenvalue weighted by Gasteiger charge is -2.36. The Morgan fingerprint density at radius 2 is 2.26 bits per heavy atom. The fourth-order valence-corrected chi connectivity index (χ4v) is 2.96. The lowest BCUT2D eigenvalue weighted by molar-refractivity contribution is -0.162. The zero-order valence-electron chi connectivity index (χ0n) is 11.3. The minimum Gasteiger partial charge on any atom is -0.497 e. The van der Waals surface area contributed by atoms with Gasteiger partial charge < -0.3 is 14.9 Å². The summed E-state index contributed by atoms with van der Waals surface area (Å²) < 4.78 is 5.20. The SMILES string of the molecule is CCC(O)(C(=O)O)C1CCCc2cc(OC)ccc21. The van der Waals surface area contributed by atoms with E-state index in [-0.39, 0.29) is 12.3 Å². The normalized spacial score (nSPS) is 21.3.